The number of hydrogen-bond acceptors (Lipinski definition) is 3. The number of hydrogen-bond donors (Lipinski definition) is 0. The highest BCUT2D eigenvalue weighted by molar-refractivity contribution is 6.75. The van der Waals surface area contributed by atoms with Gasteiger partial charge in [-0.05, 0) is 12.1 Å². The van der Waals surface area contributed by atoms with E-state index in [0.29, 0.717) is 11.8 Å². The number of benzene rings is 1. The van der Waals surface area contributed by atoms with Crippen LogP contribution in [0.15, 0.2) is 24.3 Å². The van der Waals surface area contributed by atoms with E-state index in [1.807, 2.05) is 0 Å². The summed E-state index contributed by atoms with van der Waals surface area (Å²) < 4.78 is 2.60. The van der Waals surface area contributed by atoms with Crippen LogP contribution in [0.5, 0.6) is 5.75 Å². The monoisotopic (exact) mass is 266 g/mol. The molecule has 0 heterocycles. The van der Waals surface area contributed by atoms with E-state index in [1.165, 1.54) is 12.1 Å². The summed E-state index contributed by atoms with van der Waals surface area (Å²) in [6, 6.07) is 5.94. The van der Waals surface area contributed by atoms with Gasteiger partial charge in [0, 0.05) is 5.56 Å². The second-order valence-electron chi connectivity index (χ2n) is 2.58. The molecule has 0 saturated heterocycles. The minimum Gasteiger partial charge on any atom is -0.423 e. The maximum absolute atomic E-state index is 11.1. The summed E-state index contributed by atoms with van der Waals surface area (Å²) in [6.45, 7) is 0. The summed E-state index contributed by atoms with van der Waals surface area (Å²) in [4.78, 5) is 21.5. The van der Waals surface area contributed by atoms with Crippen molar-refractivity contribution < 1.29 is 14.3 Å². The molecule has 1 aromatic carbocycles. The molecule has 0 aliphatic carbocycles. The molecule has 6 heteroatoms. The lowest BCUT2D eigenvalue weighted by Crippen LogP contribution is -2.24. The summed E-state index contributed by atoms with van der Waals surface area (Å²) >= 11 is 15.9. The van der Waals surface area contributed by atoms with Gasteiger partial charge in [0.1, 0.15) is 12.0 Å². The quantitative estimate of drug-likeness (QED) is 0.358. The van der Waals surface area contributed by atoms with Crippen molar-refractivity contribution >= 4 is 47.1 Å². The van der Waals surface area contributed by atoms with E-state index < -0.39 is 9.76 Å². The Hall–Kier alpha value is -0.770. The molecule has 1 aromatic rings. The average Bonchev–Trinajstić information content (AvgIpc) is 2.16. The van der Waals surface area contributed by atoms with Gasteiger partial charge in [0.05, 0.1) is 0 Å². The first-order chi connectivity index (χ1) is 6.93. The highest BCUT2D eigenvalue weighted by Gasteiger charge is 2.33. The molecule has 1 rings (SSSR count). The summed E-state index contributed by atoms with van der Waals surface area (Å²) in [6.07, 6.45) is 0.618. The van der Waals surface area contributed by atoms with Crippen molar-refractivity contribution in [2.24, 2.45) is 0 Å². The van der Waals surface area contributed by atoms with Crippen LogP contribution < -0.4 is 4.74 Å². The SMILES string of the molecule is O=Cc1cccc(OC(=O)C(Cl)(Cl)Cl)c1. The van der Waals surface area contributed by atoms with Gasteiger partial charge in [-0.1, -0.05) is 46.9 Å². The molecule has 0 unspecified atom stereocenters. The second kappa shape index (κ2) is 4.84. The third kappa shape index (κ3) is 3.70. The van der Waals surface area contributed by atoms with Crippen LogP contribution in [0.2, 0.25) is 0 Å². The highest BCUT2D eigenvalue weighted by atomic mass is 35.6. The van der Waals surface area contributed by atoms with Crippen molar-refractivity contribution in [3.63, 3.8) is 0 Å². The fourth-order valence-corrected chi connectivity index (χ4v) is 0.932. The topological polar surface area (TPSA) is 43.4 Å². The fourth-order valence-electron chi connectivity index (χ4n) is 0.816. The van der Waals surface area contributed by atoms with E-state index >= 15 is 0 Å². The average molecular weight is 267 g/mol. The molecule has 0 bridgehead atoms. The van der Waals surface area contributed by atoms with Crippen molar-refractivity contribution in [1.82, 2.24) is 0 Å². The Morgan fingerprint density at radius 2 is 2.00 bits per heavy atom. The Labute approximate surface area is 101 Å². The van der Waals surface area contributed by atoms with Crippen LogP contribution in [0.1, 0.15) is 10.4 Å². The Bertz CT molecular complexity index is 384. The first-order valence-electron chi connectivity index (χ1n) is 3.78. The van der Waals surface area contributed by atoms with Gasteiger partial charge in [-0.2, -0.15) is 0 Å². The third-order valence-corrected chi connectivity index (χ3v) is 1.90. The summed E-state index contributed by atoms with van der Waals surface area (Å²) in [5.74, 6) is -0.869. The predicted molar refractivity (Wildman–Crippen MR) is 57.8 cm³/mol. The maximum Gasteiger partial charge on any atom is 0.363 e. The Kier molecular flexibility index (Phi) is 3.97. The lowest BCUT2D eigenvalue weighted by molar-refractivity contribution is -0.133. The highest BCUT2D eigenvalue weighted by Crippen LogP contribution is 2.28. The number of aldehydes is 1. The predicted octanol–water partition coefficient (Wildman–Crippen LogP) is 2.77. The molecule has 0 fully saturated rings. The van der Waals surface area contributed by atoms with Gasteiger partial charge in [-0.25, -0.2) is 4.79 Å². The van der Waals surface area contributed by atoms with Crippen molar-refractivity contribution in [3.8, 4) is 5.75 Å². The lowest BCUT2D eigenvalue weighted by Gasteiger charge is -2.09. The van der Waals surface area contributed by atoms with Crippen LogP contribution in [0.4, 0.5) is 0 Å². The zero-order chi connectivity index (χ0) is 11.5. The number of esters is 1. The molecule has 0 radical (unpaired) electrons. The van der Waals surface area contributed by atoms with Crippen LogP contribution in [-0.4, -0.2) is 16.0 Å². The normalized spacial score (nSPS) is 10.9. The minimum atomic E-state index is -2.13. The van der Waals surface area contributed by atoms with Gasteiger partial charge >= 0.3 is 5.97 Å². The summed E-state index contributed by atoms with van der Waals surface area (Å²) in [5, 5.41) is 0. The lowest BCUT2D eigenvalue weighted by atomic mass is 10.2. The van der Waals surface area contributed by atoms with Crippen molar-refractivity contribution in [3.05, 3.63) is 29.8 Å². The Morgan fingerprint density at radius 3 is 2.53 bits per heavy atom. The van der Waals surface area contributed by atoms with Gasteiger partial charge < -0.3 is 4.74 Å². The number of carbonyl (C=O) groups excluding carboxylic acids is 2. The molecule has 0 aromatic heterocycles. The van der Waals surface area contributed by atoms with Crippen LogP contribution in [0.3, 0.4) is 0 Å². The third-order valence-electron chi connectivity index (χ3n) is 1.44. The summed E-state index contributed by atoms with van der Waals surface area (Å²) in [5.41, 5.74) is 0.365. The van der Waals surface area contributed by atoms with Crippen molar-refractivity contribution in [2.45, 2.75) is 3.79 Å². The molecule has 3 nitrogen and oxygen atoms in total. The molecule has 0 spiro atoms. The van der Waals surface area contributed by atoms with Gasteiger partial charge in [-0.15, -0.1) is 0 Å². The van der Waals surface area contributed by atoms with Crippen LogP contribution in [0, 0.1) is 0 Å². The van der Waals surface area contributed by atoms with E-state index in [1.54, 1.807) is 12.1 Å². The Morgan fingerprint density at radius 1 is 1.33 bits per heavy atom. The first kappa shape index (κ1) is 12.3. The molecule has 0 amide bonds. The van der Waals surface area contributed by atoms with Crippen molar-refractivity contribution in [1.29, 1.82) is 0 Å². The smallest absolute Gasteiger partial charge is 0.363 e. The van der Waals surface area contributed by atoms with Gasteiger partial charge in [0.15, 0.2) is 0 Å². The molecular weight excluding hydrogens is 262 g/mol. The second-order valence-corrected chi connectivity index (χ2v) is 4.86. The molecule has 0 N–H and O–H groups in total. The van der Waals surface area contributed by atoms with Crippen molar-refractivity contribution in [2.75, 3.05) is 0 Å². The standard InChI is InChI=1S/C9H5Cl3O3/c10-9(11,12)8(14)15-7-3-1-2-6(4-7)5-13/h1-5H. The van der Waals surface area contributed by atoms with E-state index in [9.17, 15) is 9.59 Å². The first-order valence-corrected chi connectivity index (χ1v) is 4.91. The molecule has 80 valence electrons. The van der Waals surface area contributed by atoms with Crippen LogP contribution in [-0.2, 0) is 4.79 Å². The zero-order valence-corrected chi connectivity index (χ0v) is 9.51. The maximum atomic E-state index is 11.1. The minimum absolute atomic E-state index is 0.149. The van der Waals surface area contributed by atoms with E-state index in [-0.39, 0.29) is 5.75 Å². The molecule has 15 heavy (non-hydrogen) atoms. The molecule has 0 saturated carbocycles. The zero-order valence-electron chi connectivity index (χ0n) is 7.25. The number of ether oxygens (including phenoxy) is 1. The van der Waals surface area contributed by atoms with E-state index in [4.69, 9.17) is 39.5 Å². The van der Waals surface area contributed by atoms with Gasteiger partial charge in [0.2, 0.25) is 0 Å². The molecule has 0 aliphatic heterocycles. The molecule has 0 atom stereocenters. The number of alkyl halides is 3. The number of halogens is 3. The molecule has 0 aliphatic rings. The van der Waals surface area contributed by atoms with Crippen LogP contribution in [0.25, 0.3) is 0 Å². The molecular formula is C9H5Cl3O3. The number of carbonyl (C=O) groups is 2. The Balaban J connectivity index is 2.81. The fraction of sp³-hybridized carbons (Fsp3) is 0.111. The largest absolute Gasteiger partial charge is 0.423 e. The summed E-state index contributed by atoms with van der Waals surface area (Å²) in [7, 11) is 0. The van der Waals surface area contributed by atoms with Gasteiger partial charge in [0.25, 0.3) is 3.79 Å². The van der Waals surface area contributed by atoms with Crippen LogP contribution >= 0.6 is 34.8 Å². The van der Waals surface area contributed by atoms with Gasteiger partial charge in [-0.3, -0.25) is 4.79 Å². The van der Waals surface area contributed by atoms with E-state index in [0.717, 1.165) is 0 Å². The van der Waals surface area contributed by atoms with E-state index in [2.05, 4.69) is 0 Å². The number of rotatable bonds is 2.